The van der Waals surface area contributed by atoms with E-state index < -0.39 is 0 Å². The fourth-order valence-electron chi connectivity index (χ4n) is 2.27. The maximum Gasteiger partial charge on any atom is 0.133 e. The molecular weight excluding hydrogens is 265 g/mol. The van der Waals surface area contributed by atoms with Crippen LogP contribution < -0.4 is 5.32 Å². The quantitative estimate of drug-likeness (QED) is 0.912. The number of nitrogens with zero attached hydrogens (tertiary/aromatic N) is 2. The second-order valence-corrected chi connectivity index (χ2v) is 5.80. The number of anilines is 1. The lowest BCUT2D eigenvalue weighted by atomic mass is 10.1. The summed E-state index contributed by atoms with van der Waals surface area (Å²) < 4.78 is 13.6. The molecule has 1 aromatic carbocycles. The van der Waals surface area contributed by atoms with Gasteiger partial charge >= 0.3 is 0 Å². The Balaban J connectivity index is 2.16. The third kappa shape index (κ3) is 3.78. The van der Waals surface area contributed by atoms with Gasteiger partial charge in [-0.3, -0.25) is 0 Å². The van der Waals surface area contributed by atoms with Crippen molar-refractivity contribution in [2.45, 2.75) is 47.1 Å². The van der Waals surface area contributed by atoms with Crippen molar-refractivity contribution in [2.75, 3.05) is 5.32 Å². The molecule has 0 aliphatic rings. The zero-order valence-corrected chi connectivity index (χ0v) is 13.3. The molecule has 2 aromatic rings. The summed E-state index contributed by atoms with van der Waals surface area (Å²) in [5.41, 5.74) is 3.35. The van der Waals surface area contributed by atoms with Crippen LogP contribution in [0.5, 0.6) is 0 Å². The molecule has 112 valence electrons. The van der Waals surface area contributed by atoms with Crippen LogP contribution in [-0.4, -0.2) is 9.97 Å². The lowest BCUT2D eigenvalue weighted by molar-refractivity contribution is 0.608. The van der Waals surface area contributed by atoms with Gasteiger partial charge in [0, 0.05) is 24.2 Å². The van der Waals surface area contributed by atoms with Gasteiger partial charge in [0.25, 0.3) is 0 Å². The van der Waals surface area contributed by atoms with E-state index in [0.29, 0.717) is 23.6 Å². The van der Waals surface area contributed by atoms with Gasteiger partial charge in [-0.15, -0.1) is 0 Å². The number of hydrogen-bond acceptors (Lipinski definition) is 3. The molecule has 1 heterocycles. The fraction of sp³-hybridized carbons (Fsp3) is 0.412. The summed E-state index contributed by atoms with van der Waals surface area (Å²) in [5.74, 6) is 1.81. The van der Waals surface area contributed by atoms with Crippen LogP contribution in [0.2, 0.25) is 0 Å². The van der Waals surface area contributed by atoms with E-state index in [1.54, 1.807) is 13.8 Å². The molecule has 21 heavy (non-hydrogen) atoms. The molecule has 0 unspecified atom stereocenters. The first-order chi connectivity index (χ1) is 9.86. The second kappa shape index (κ2) is 6.20. The Morgan fingerprint density at radius 1 is 1.05 bits per heavy atom. The van der Waals surface area contributed by atoms with Crippen molar-refractivity contribution in [1.29, 1.82) is 0 Å². The maximum atomic E-state index is 13.6. The highest BCUT2D eigenvalue weighted by Gasteiger charge is 2.07. The highest BCUT2D eigenvalue weighted by Crippen LogP contribution is 2.17. The Kier molecular flexibility index (Phi) is 4.56. The van der Waals surface area contributed by atoms with Crippen LogP contribution >= 0.6 is 0 Å². The van der Waals surface area contributed by atoms with Crippen LogP contribution in [0.3, 0.4) is 0 Å². The van der Waals surface area contributed by atoms with Gasteiger partial charge in [-0.1, -0.05) is 26.0 Å². The van der Waals surface area contributed by atoms with Gasteiger partial charge in [-0.05, 0) is 37.5 Å². The molecule has 3 nitrogen and oxygen atoms in total. The van der Waals surface area contributed by atoms with Crippen LogP contribution in [0.15, 0.2) is 18.2 Å². The summed E-state index contributed by atoms with van der Waals surface area (Å²) in [6.45, 7) is 10.3. The Morgan fingerprint density at radius 2 is 1.67 bits per heavy atom. The zero-order valence-electron chi connectivity index (χ0n) is 13.3. The van der Waals surface area contributed by atoms with Crippen LogP contribution in [0, 0.1) is 26.6 Å². The monoisotopic (exact) mass is 287 g/mol. The average molecular weight is 287 g/mol. The topological polar surface area (TPSA) is 37.8 Å². The highest BCUT2D eigenvalue weighted by molar-refractivity contribution is 5.39. The second-order valence-electron chi connectivity index (χ2n) is 5.80. The van der Waals surface area contributed by atoms with Crippen molar-refractivity contribution in [1.82, 2.24) is 9.97 Å². The molecule has 0 atom stereocenters. The SMILES string of the molecule is Cc1cc(NCc2cc(C)c(F)c(C)c2)nc(C(C)C)n1. The molecule has 0 saturated carbocycles. The van der Waals surface area contributed by atoms with E-state index in [1.165, 1.54) is 0 Å². The van der Waals surface area contributed by atoms with Gasteiger partial charge < -0.3 is 5.32 Å². The van der Waals surface area contributed by atoms with Crippen LogP contribution in [0.4, 0.5) is 10.2 Å². The molecule has 0 spiro atoms. The predicted octanol–water partition coefficient (Wildman–Crippen LogP) is 4.28. The summed E-state index contributed by atoms with van der Waals surface area (Å²) in [5, 5.41) is 3.30. The third-order valence-electron chi connectivity index (χ3n) is 3.36. The molecule has 0 aliphatic heterocycles. The van der Waals surface area contributed by atoms with E-state index in [9.17, 15) is 4.39 Å². The van der Waals surface area contributed by atoms with E-state index >= 15 is 0 Å². The number of aryl methyl sites for hydroxylation is 3. The Hall–Kier alpha value is -1.97. The summed E-state index contributed by atoms with van der Waals surface area (Å²) in [7, 11) is 0. The smallest absolute Gasteiger partial charge is 0.133 e. The number of rotatable bonds is 4. The average Bonchev–Trinajstić information content (AvgIpc) is 2.41. The lowest BCUT2D eigenvalue weighted by Crippen LogP contribution is -2.07. The first kappa shape index (κ1) is 15.4. The van der Waals surface area contributed by atoms with Crippen LogP contribution in [-0.2, 0) is 6.54 Å². The first-order valence-electron chi connectivity index (χ1n) is 7.22. The largest absolute Gasteiger partial charge is 0.366 e. The molecule has 0 amide bonds. The third-order valence-corrected chi connectivity index (χ3v) is 3.36. The van der Waals surface area contributed by atoms with Crippen molar-refractivity contribution in [2.24, 2.45) is 0 Å². The molecule has 0 saturated heterocycles. The van der Waals surface area contributed by atoms with Crippen molar-refractivity contribution < 1.29 is 4.39 Å². The number of halogens is 1. The van der Waals surface area contributed by atoms with E-state index in [1.807, 2.05) is 25.1 Å². The fourth-order valence-corrected chi connectivity index (χ4v) is 2.27. The number of aromatic nitrogens is 2. The number of hydrogen-bond donors (Lipinski definition) is 1. The summed E-state index contributed by atoms with van der Waals surface area (Å²) in [4.78, 5) is 8.94. The molecule has 1 N–H and O–H groups in total. The van der Waals surface area contributed by atoms with Gasteiger partial charge in [-0.2, -0.15) is 0 Å². The van der Waals surface area contributed by atoms with Crippen molar-refractivity contribution in [3.05, 3.63) is 52.2 Å². The number of benzene rings is 1. The summed E-state index contributed by atoms with van der Waals surface area (Å²) in [6, 6.07) is 5.66. The summed E-state index contributed by atoms with van der Waals surface area (Å²) >= 11 is 0. The zero-order chi connectivity index (χ0) is 15.6. The van der Waals surface area contributed by atoms with Crippen molar-refractivity contribution in [3.8, 4) is 0 Å². The van der Waals surface area contributed by atoms with E-state index in [4.69, 9.17) is 0 Å². The van der Waals surface area contributed by atoms with Gasteiger partial charge in [0.05, 0.1) is 0 Å². The maximum absolute atomic E-state index is 13.6. The number of nitrogens with one attached hydrogen (secondary N) is 1. The minimum Gasteiger partial charge on any atom is -0.366 e. The van der Waals surface area contributed by atoms with Gasteiger partial charge in [0.2, 0.25) is 0 Å². The van der Waals surface area contributed by atoms with Crippen molar-refractivity contribution >= 4 is 5.82 Å². The predicted molar refractivity (Wildman–Crippen MR) is 84.1 cm³/mol. The van der Waals surface area contributed by atoms with Gasteiger partial charge in [0.15, 0.2) is 0 Å². The normalized spacial score (nSPS) is 11.0. The molecule has 0 aliphatic carbocycles. The Morgan fingerprint density at radius 3 is 2.24 bits per heavy atom. The minimum absolute atomic E-state index is 0.126. The molecule has 2 rings (SSSR count). The van der Waals surface area contributed by atoms with E-state index in [2.05, 4.69) is 29.1 Å². The van der Waals surface area contributed by atoms with Crippen molar-refractivity contribution in [3.63, 3.8) is 0 Å². The van der Waals surface area contributed by atoms with Gasteiger partial charge in [0.1, 0.15) is 17.5 Å². The lowest BCUT2D eigenvalue weighted by Gasteiger charge is -2.11. The first-order valence-corrected chi connectivity index (χ1v) is 7.22. The van der Waals surface area contributed by atoms with E-state index in [0.717, 1.165) is 22.9 Å². The molecule has 1 aromatic heterocycles. The van der Waals surface area contributed by atoms with Crippen LogP contribution in [0.25, 0.3) is 0 Å². The molecule has 4 heteroatoms. The minimum atomic E-state index is -0.126. The van der Waals surface area contributed by atoms with Gasteiger partial charge in [-0.25, -0.2) is 14.4 Å². The van der Waals surface area contributed by atoms with Crippen LogP contribution in [0.1, 0.15) is 48.0 Å². The molecule has 0 bridgehead atoms. The molecule has 0 fully saturated rings. The molecular formula is C17H22FN3. The Labute approximate surface area is 125 Å². The summed E-state index contributed by atoms with van der Waals surface area (Å²) in [6.07, 6.45) is 0. The standard InChI is InChI=1S/C17H22FN3/c1-10(2)17-20-13(5)8-15(21-17)19-9-14-6-11(3)16(18)12(4)7-14/h6-8,10H,9H2,1-5H3,(H,19,20,21). The highest BCUT2D eigenvalue weighted by atomic mass is 19.1. The van der Waals surface area contributed by atoms with E-state index in [-0.39, 0.29) is 5.82 Å². The Bertz CT molecular complexity index is 627. The molecule has 0 radical (unpaired) electrons.